The molecule has 0 heterocycles. The molecular formula is C17H18Cl3N. The van der Waals surface area contributed by atoms with Gasteiger partial charge in [0.15, 0.2) is 0 Å². The maximum Gasteiger partial charge on any atom is 0.0409 e. The molecule has 0 saturated heterocycles. The first-order chi connectivity index (χ1) is 9.69. The molecule has 2 aromatic carbocycles. The zero-order valence-corrected chi connectivity index (χ0v) is 14.1. The number of benzene rings is 2. The summed E-state index contributed by atoms with van der Waals surface area (Å²) in [5.74, 6) is 0.434. The molecule has 21 heavy (non-hydrogen) atoms. The summed E-state index contributed by atoms with van der Waals surface area (Å²) in [6.07, 6.45) is 2.26. The van der Waals surface area contributed by atoms with Gasteiger partial charge in [-0.15, -0.1) is 12.4 Å². The van der Waals surface area contributed by atoms with Gasteiger partial charge in [0.05, 0.1) is 0 Å². The lowest BCUT2D eigenvalue weighted by Gasteiger charge is -2.32. The largest absolute Gasteiger partial charge is 0.313 e. The van der Waals surface area contributed by atoms with Crippen LogP contribution in [-0.4, -0.2) is 7.05 Å². The van der Waals surface area contributed by atoms with Gasteiger partial charge in [0, 0.05) is 22.0 Å². The van der Waals surface area contributed by atoms with Crippen LogP contribution < -0.4 is 5.32 Å². The maximum absolute atomic E-state index is 6.17. The van der Waals surface area contributed by atoms with Crippen molar-refractivity contribution in [3.63, 3.8) is 0 Å². The molecule has 0 amide bonds. The van der Waals surface area contributed by atoms with Gasteiger partial charge < -0.3 is 5.32 Å². The molecule has 0 aromatic heterocycles. The third-order valence-corrected chi connectivity index (χ3v) is 4.65. The van der Waals surface area contributed by atoms with E-state index < -0.39 is 0 Å². The van der Waals surface area contributed by atoms with Crippen molar-refractivity contribution in [2.45, 2.75) is 24.8 Å². The average molecular weight is 343 g/mol. The van der Waals surface area contributed by atoms with Crippen molar-refractivity contribution < 1.29 is 0 Å². The smallest absolute Gasteiger partial charge is 0.0409 e. The Morgan fingerprint density at radius 3 is 2.24 bits per heavy atom. The topological polar surface area (TPSA) is 12.0 Å². The van der Waals surface area contributed by atoms with E-state index in [1.54, 1.807) is 0 Å². The third kappa shape index (κ3) is 3.37. The van der Waals surface area contributed by atoms with Crippen LogP contribution in [0.4, 0.5) is 0 Å². The molecule has 1 N–H and O–H groups in total. The maximum atomic E-state index is 6.17. The lowest BCUT2D eigenvalue weighted by Crippen LogP contribution is -2.24. The lowest BCUT2D eigenvalue weighted by atomic mass is 9.77. The van der Waals surface area contributed by atoms with E-state index in [2.05, 4.69) is 29.6 Å². The monoisotopic (exact) mass is 341 g/mol. The van der Waals surface area contributed by atoms with E-state index in [1.807, 2.05) is 25.2 Å². The summed E-state index contributed by atoms with van der Waals surface area (Å²) in [5, 5.41) is 4.98. The molecule has 0 fully saturated rings. The highest BCUT2D eigenvalue weighted by Gasteiger charge is 2.27. The fourth-order valence-electron chi connectivity index (χ4n) is 3.15. The Morgan fingerprint density at radius 2 is 1.57 bits per heavy atom. The van der Waals surface area contributed by atoms with E-state index in [9.17, 15) is 0 Å². The number of halogens is 3. The van der Waals surface area contributed by atoms with Crippen molar-refractivity contribution in [1.29, 1.82) is 0 Å². The summed E-state index contributed by atoms with van der Waals surface area (Å²) >= 11 is 12.2. The summed E-state index contributed by atoms with van der Waals surface area (Å²) in [4.78, 5) is 0. The van der Waals surface area contributed by atoms with Crippen molar-refractivity contribution in [1.82, 2.24) is 5.32 Å². The summed E-state index contributed by atoms with van der Waals surface area (Å²) in [7, 11) is 2.01. The van der Waals surface area contributed by atoms with Crippen molar-refractivity contribution in [3.05, 3.63) is 69.2 Å². The van der Waals surface area contributed by atoms with Gasteiger partial charge in [-0.3, -0.25) is 0 Å². The van der Waals surface area contributed by atoms with Crippen molar-refractivity contribution in [3.8, 4) is 0 Å². The van der Waals surface area contributed by atoms with E-state index in [0.29, 0.717) is 12.0 Å². The van der Waals surface area contributed by atoms with Gasteiger partial charge in [0.25, 0.3) is 0 Å². The van der Waals surface area contributed by atoms with Crippen LogP contribution in [0.3, 0.4) is 0 Å². The van der Waals surface area contributed by atoms with Crippen molar-refractivity contribution in [2.24, 2.45) is 0 Å². The summed E-state index contributed by atoms with van der Waals surface area (Å²) in [5.41, 5.74) is 4.03. The van der Waals surface area contributed by atoms with Crippen LogP contribution in [-0.2, 0) is 0 Å². The molecule has 2 unspecified atom stereocenters. The van der Waals surface area contributed by atoms with E-state index in [0.717, 1.165) is 22.9 Å². The molecule has 0 radical (unpaired) electrons. The predicted octanol–water partition coefficient (Wildman–Crippen LogP) is 5.60. The molecule has 3 rings (SSSR count). The minimum atomic E-state index is 0. The summed E-state index contributed by atoms with van der Waals surface area (Å²) in [6.45, 7) is 0. The zero-order chi connectivity index (χ0) is 14.1. The number of nitrogens with one attached hydrogen (secondary N) is 1. The van der Waals surface area contributed by atoms with Crippen molar-refractivity contribution in [2.75, 3.05) is 7.05 Å². The van der Waals surface area contributed by atoms with Crippen LogP contribution in [0, 0.1) is 0 Å². The minimum Gasteiger partial charge on any atom is -0.313 e. The van der Waals surface area contributed by atoms with Crippen LogP contribution in [0.15, 0.2) is 42.5 Å². The quantitative estimate of drug-likeness (QED) is 0.749. The molecule has 0 spiro atoms. The van der Waals surface area contributed by atoms with Crippen LogP contribution in [0.1, 0.15) is 41.5 Å². The summed E-state index contributed by atoms with van der Waals surface area (Å²) in [6, 6.07) is 14.8. The number of rotatable bonds is 2. The SMILES string of the molecule is CNC1CCC(c2ccc(Cl)cc2)c2ccc(Cl)cc21.Cl. The second-order valence-electron chi connectivity index (χ2n) is 5.30. The average Bonchev–Trinajstić information content (AvgIpc) is 2.47. The molecule has 112 valence electrons. The standard InChI is InChI=1S/C17H17Cl2N.ClH/c1-20-17-9-8-14(11-2-4-12(18)5-3-11)15-7-6-13(19)10-16(15)17;/h2-7,10,14,17,20H,8-9H2,1H3;1H. The Balaban J connectivity index is 0.00000161. The van der Waals surface area contributed by atoms with E-state index in [4.69, 9.17) is 23.2 Å². The molecule has 1 nitrogen and oxygen atoms in total. The second kappa shape index (κ2) is 7.02. The Bertz CT molecular complexity index is 610. The number of hydrogen-bond acceptors (Lipinski definition) is 1. The number of fused-ring (bicyclic) bond motifs is 1. The van der Waals surface area contributed by atoms with Gasteiger partial charge in [-0.1, -0.05) is 41.4 Å². The predicted molar refractivity (Wildman–Crippen MR) is 93.0 cm³/mol. The Kier molecular flexibility index (Phi) is 5.56. The fourth-order valence-corrected chi connectivity index (χ4v) is 3.46. The van der Waals surface area contributed by atoms with Gasteiger partial charge in [-0.25, -0.2) is 0 Å². The van der Waals surface area contributed by atoms with E-state index in [-0.39, 0.29) is 12.4 Å². The fraction of sp³-hybridized carbons (Fsp3) is 0.294. The molecule has 1 aliphatic carbocycles. The van der Waals surface area contributed by atoms with Gasteiger partial charge >= 0.3 is 0 Å². The van der Waals surface area contributed by atoms with Gasteiger partial charge in [-0.2, -0.15) is 0 Å². The van der Waals surface area contributed by atoms with E-state index in [1.165, 1.54) is 16.7 Å². The normalized spacial score (nSPS) is 20.5. The molecule has 4 heteroatoms. The highest BCUT2D eigenvalue weighted by Crippen LogP contribution is 2.42. The van der Waals surface area contributed by atoms with Crippen LogP contribution in [0.5, 0.6) is 0 Å². The Hall–Kier alpha value is -0.730. The Morgan fingerprint density at radius 1 is 0.905 bits per heavy atom. The lowest BCUT2D eigenvalue weighted by molar-refractivity contribution is 0.471. The third-order valence-electron chi connectivity index (χ3n) is 4.16. The van der Waals surface area contributed by atoms with Crippen LogP contribution in [0.2, 0.25) is 10.0 Å². The first kappa shape index (κ1) is 16.6. The van der Waals surface area contributed by atoms with Crippen LogP contribution >= 0.6 is 35.6 Å². The molecule has 1 aliphatic rings. The highest BCUT2D eigenvalue weighted by molar-refractivity contribution is 6.30. The second-order valence-corrected chi connectivity index (χ2v) is 6.17. The Labute approximate surface area is 142 Å². The first-order valence-electron chi connectivity index (χ1n) is 6.91. The molecule has 0 aliphatic heterocycles. The highest BCUT2D eigenvalue weighted by atomic mass is 35.5. The van der Waals surface area contributed by atoms with E-state index >= 15 is 0 Å². The number of hydrogen-bond donors (Lipinski definition) is 1. The molecule has 0 saturated carbocycles. The first-order valence-corrected chi connectivity index (χ1v) is 7.66. The van der Waals surface area contributed by atoms with Crippen molar-refractivity contribution >= 4 is 35.6 Å². The van der Waals surface area contributed by atoms with Crippen LogP contribution in [0.25, 0.3) is 0 Å². The molecule has 0 bridgehead atoms. The van der Waals surface area contributed by atoms with Gasteiger partial charge in [0.1, 0.15) is 0 Å². The van der Waals surface area contributed by atoms with Gasteiger partial charge in [-0.05, 0) is 60.8 Å². The molecule has 2 atom stereocenters. The molecule has 2 aromatic rings. The van der Waals surface area contributed by atoms with Gasteiger partial charge in [0.2, 0.25) is 0 Å². The summed E-state index contributed by atoms with van der Waals surface area (Å²) < 4.78 is 0. The molecular weight excluding hydrogens is 325 g/mol. The zero-order valence-electron chi connectivity index (χ0n) is 11.8. The minimum absolute atomic E-state index is 0.